The summed E-state index contributed by atoms with van der Waals surface area (Å²) in [4.78, 5) is 35.9. The lowest BCUT2D eigenvalue weighted by Gasteiger charge is -2.15. The topological polar surface area (TPSA) is 99.5 Å². The molecule has 0 aliphatic heterocycles. The minimum Gasteiger partial charge on any atom is -0.454 e. The molecule has 0 saturated carbocycles. The number of carbonyl (C=O) groups is 3. The number of likely N-dealkylation sites (N-methyl/N-ethyl adjacent to an activating group) is 1. The molecule has 1 aromatic carbocycles. The highest BCUT2D eigenvalue weighted by atomic mass is 19.1. The van der Waals surface area contributed by atoms with Gasteiger partial charge in [-0.05, 0) is 12.1 Å². The second-order valence-electron chi connectivity index (χ2n) is 4.55. The molecule has 0 spiro atoms. The fourth-order valence-corrected chi connectivity index (χ4v) is 1.54. The summed E-state index contributed by atoms with van der Waals surface area (Å²) in [6.45, 7) is -0.740. The number of rotatable bonds is 7. The maximum absolute atomic E-state index is 13.4. The van der Waals surface area contributed by atoms with Crippen LogP contribution in [-0.4, -0.2) is 49.4 Å². The molecule has 0 aliphatic rings. The third-order valence-electron chi connectivity index (χ3n) is 2.85. The zero-order chi connectivity index (χ0) is 17.2. The van der Waals surface area contributed by atoms with Gasteiger partial charge in [-0.1, -0.05) is 12.1 Å². The average molecular weight is 321 g/mol. The number of nitriles is 1. The fraction of sp³-hybridized carbons (Fsp3) is 0.333. The monoisotopic (exact) mass is 321 g/mol. The van der Waals surface area contributed by atoms with Crippen molar-refractivity contribution in [3.05, 3.63) is 35.6 Å². The number of esters is 1. The smallest absolute Gasteiger partial charge is 0.325 e. The molecule has 2 amide bonds. The molecule has 0 atom stereocenters. The Balaban J connectivity index is 2.35. The van der Waals surface area contributed by atoms with Crippen molar-refractivity contribution in [1.82, 2.24) is 10.2 Å². The minimum absolute atomic E-state index is 0.175. The molecule has 0 bridgehead atoms. The Labute approximate surface area is 132 Å². The SMILES string of the molecule is CN(CCC#N)C(=O)COC(=O)CNC(=O)c1ccccc1F. The van der Waals surface area contributed by atoms with Crippen LogP contribution in [0, 0.1) is 17.1 Å². The van der Waals surface area contributed by atoms with Gasteiger partial charge in [0.1, 0.15) is 12.4 Å². The van der Waals surface area contributed by atoms with Crippen LogP contribution in [0.1, 0.15) is 16.8 Å². The number of hydrogen-bond donors (Lipinski definition) is 1. The molecule has 0 aromatic heterocycles. The Hall–Kier alpha value is -2.95. The maximum atomic E-state index is 13.4. The number of nitrogens with one attached hydrogen (secondary N) is 1. The summed E-state index contributed by atoms with van der Waals surface area (Å²) in [7, 11) is 1.48. The second-order valence-corrected chi connectivity index (χ2v) is 4.55. The zero-order valence-electron chi connectivity index (χ0n) is 12.5. The quantitative estimate of drug-likeness (QED) is 0.736. The first-order valence-corrected chi connectivity index (χ1v) is 6.75. The van der Waals surface area contributed by atoms with Gasteiger partial charge >= 0.3 is 5.97 Å². The molecule has 1 aromatic rings. The van der Waals surface area contributed by atoms with E-state index in [0.717, 1.165) is 6.07 Å². The van der Waals surface area contributed by atoms with Gasteiger partial charge in [-0.3, -0.25) is 14.4 Å². The number of amides is 2. The molecule has 0 unspecified atom stereocenters. The minimum atomic E-state index is -0.822. The van der Waals surface area contributed by atoms with Gasteiger partial charge in [0.05, 0.1) is 18.1 Å². The Kier molecular flexibility index (Phi) is 7.20. The van der Waals surface area contributed by atoms with Crippen molar-refractivity contribution < 1.29 is 23.5 Å². The van der Waals surface area contributed by atoms with Crippen molar-refractivity contribution in [2.75, 3.05) is 26.7 Å². The lowest BCUT2D eigenvalue weighted by Crippen LogP contribution is -2.35. The lowest BCUT2D eigenvalue weighted by molar-refractivity contribution is -0.150. The van der Waals surface area contributed by atoms with E-state index in [0.29, 0.717) is 0 Å². The van der Waals surface area contributed by atoms with Crippen LogP contribution in [-0.2, 0) is 14.3 Å². The number of benzene rings is 1. The number of nitrogens with zero attached hydrogens (tertiary/aromatic N) is 2. The van der Waals surface area contributed by atoms with E-state index in [1.54, 1.807) is 0 Å². The Bertz CT molecular complexity index is 627. The number of carbonyl (C=O) groups excluding carboxylic acids is 3. The van der Waals surface area contributed by atoms with E-state index < -0.39 is 36.8 Å². The first-order valence-electron chi connectivity index (χ1n) is 6.75. The Morgan fingerprint density at radius 3 is 2.70 bits per heavy atom. The van der Waals surface area contributed by atoms with Gasteiger partial charge in [-0.25, -0.2) is 4.39 Å². The molecular formula is C15H16FN3O4. The first kappa shape index (κ1) is 18.1. The average Bonchev–Trinajstić information content (AvgIpc) is 2.55. The van der Waals surface area contributed by atoms with Crippen LogP contribution >= 0.6 is 0 Å². The normalized spacial score (nSPS) is 9.61. The molecule has 23 heavy (non-hydrogen) atoms. The standard InChI is InChI=1S/C15H16FN3O4/c1-19(8-4-7-17)13(20)10-23-14(21)9-18-15(22)11-5-2-3-6-12(11)16/h2-3,5-6H,4,8-10H2,1H3,(H,18,22). The highest BCUT2D eigenvalue weighted by Crippen LogP contribution is 2.05. The van der Waals surface area contributed by atoms with Crippen molar-refractivity contribution in [1.29, 1.82) is 5.26 Å². The van der Waals surface area contributed by atoms with E-state index >= 15 is 0 Å². The van der Waals surface area contributed by atoms with Crippen molar-refractivity contribution >= 4 is 17.8 Å². The molecule has 1 rings (SSSR count). The van der Waals surface area contributed by atoms with Gasteiger partial charge < -0.3 is 15.0 Å². The fourth-order valence-electron chi connectivity index (χ4n) is 1.54. The predicted molar refractivity (Wildman–Crippen MR) is 77.6 cm³/mol. The van der Waals surface area contributed by atoms with Crippen LogP contribution in [0.5, 0.6) is 0 Å². The molecule has 122 valence electrons. The van der Waals surface area contributed by atoms with E-state index in [9.17, 15) is 18.8 Å². The van der Waals surface area contributed by atoms with Crippen molar-refractivity contribution in [3.8, 4) is 6.07 Å². The Morgan fingerprint density at radius 2 is 2.04 bits per heavy atom. The summed E-state index contributed by atoms with van der Waals surface area (Å²) >= 11 is 0. The molecule has 0 aliphatic carbocycles. The molecule has 0 fully saturated rings. The highest BCUT2D eigenvalue weighted by Gasteiger charge is 2.14. The number of halogens is 1. The molecule has 0 saturated heterocycles. The van der Waals surface area contributed by atoms with E-state index in [2.05, 4.69) is 5.32 Å². The van der Waals surface area contributed by atoms with Gasteiger partial charge in [0.25, 0.3) is 11.8 Å². The van der Waals surface area contributed by atoms with Crippen LogP contribution < -0.4 is 5.32 Å². The summed E-state index contributed by atoms with van der Waals surface area (Å²) in [6.07, 6.45) is 0.175. The van der Waals surface area contributed by atoms with Gasteiger partial charge in [0.2, 0.25) is 0 Å². The first-order chi connectivity index (χ1) is 11.0. The van der Waals surface area contributed by atoms with Crippen molar-refractivity contribution in [3.63, 3.8) is 0 Å². The lowest BCUT2D eigenvalue weighted by atomic mass is 10.2. The largest absolute Gasteiger partial charge is 0.454 e. The second kappa shape index (κ2) is 9.15. The number of hydrogen-bond acceptors (Lipinski definition) is 5. The predicted octanol–water partition coefficient (Wildman–Crippen LogP) is 0.471. The summed E-state index contributed by atoms with van der Waals surface area (Å²) < 4.78 is 18.1. The van der Waals surface area contributed by atoms with Crippen LogP contribution in [0.15, 0.2) is 24.3 Å². The van der Waals surface area contributed by atoms with E-state index in [4.69, 9.17) is 10.00 Å². The summed E-state index contributed by atoms with van der Waals surface area (Å²) in [5, 5.41) is 10.6. The third-order valence-corrected chi connectivity index (χ3v) is 2.85. The molecule has 0 radical (unpaired) electrons. The van der Waals surface area contributed by atoms with Crippen molar-refractivity contribution in [2.24, 2.45) is 0 Å². The van der Waals surface area contributed by atoms with Crippen molar-refractivity contribution in [2.45, 2.75) is 6.42 Å². The van der Waals surface area contributed by atoms with Gasteiger partial charge in [0.15, 0.2) is 6.61 Å². The van der Waals surface area contributed by atoms with Crippen LogP contribution in [0.2, 0.25) is 0 Å². The van der Waals surface area contributed by atoms with E-state index in [-0.39, 0.29) is 18.5 Å². The third kappa shape index (κ3) is 6.13. The maximum Gasteiger partial charge on any atom is 0.325 e. The number of ether oxygens (including phenoxy) is 1. The van der Waals surface area contributed by atoms with Gasteiger partial charge in [0, 0.05) is 13.6 Å². The molecule has 1 N–H and O–H groups in total. The van der Waals surface area contributed by atoms with E-state index in [1.165, 1.54) is 30.1 Å². The zero-order valence-corrected chi connectivity index (χ0v) is 12.5. The summed E-state index contributed by atoms with van der Waals surface area (Å²) in [6, 6.07) is 7.23. The molecule has 0 heterocycles. The van der Waals surface area contributed by atoms with Gasteiger partial charge in [-0.2, -0.15) is 5.26 Å². The van der Waals surface area contributed by atoms with Gasteiger partial charge in [-0.15, -0.1) is 0 Å². The Morgan fingerprint density at radius 1 is 1.35 bits per heavy atom. The van der Waals surface area contributed by atoms with E-state index in [1.807, 2.05) is 6.07 Å². The molecular weight excluding hydrogens is 305 g/mol. The summed E-state index contributed by atoms with van der Waals surface area (Å²) in [5.74, 6) is -2.74. The molecule has 8 heteroatoms. The highest BCUT2D eigenvalue weighted by molar-refractivity contribution is 5.96. The van der Waals surface area contributed by atoms with Crippen LogP contribution in [0.4, 0.5) is 4.39 Å². The van der Waals surface area contributed by atoms with Crippen LogP contribution in [0.25, 0.3) is 0 Å². The molecule has 7 nitrogen and oxygen atoms in total. The van der Waals surface area contributed by atoms with Crippen LogP contribution in [0.3, 0.4) is 0 Å². The summed E-state index contributed by atoms with van der Waals surface area (Å²) in [5.41, 5.74) is -0.187.